The first kappa shape index (κ1) is 18.2. The fourth-order valence-electron chi connectivity index (χ4n) is 2.65. The van der Waals surface area contributed by atoms with Crippen molar-refractivity contribution in [3.8, 4) is 5.75 Å². The number of hydrogen-bond donors (Lipinski definition) is 3. The molecule has 1 aliphatic carbocycles. The van der Waals surface area contributed by atoms with Gasteiger partial charge in [0.15, 0.2) is 5.72 Å². The third-order valence-corrected chi connectivity index (χ3v) is 5.15. The Hall–Kier alpha value is -2.65. The number of carbonyl (C=O) groups is 1. The van der Waals surface area contributed by atoms with Gasteiger partial charge in [0.05, 0.1) is 16.8 Å². The number of nitrogens with two attached hydrogens (primary N) is 1. The number of nitrogens with zero attached hydrogens (tertiary/aromatic N) is 1. The third kappa shape index (κ3) is 4.12. The van der Waals surface area contributed by atoms with Crippen molar-refractivity contribution in [2.75, 3.05) is 5.32 Å². The third-order valence-electron chi connectivity index (χ3n) is 4.24. The maximum Gasteiger partial charge on any atom is 0.322 e. The van der Waals surface area contributed by atoms with Gasteiger partial charge in [0.25, 0.3) is 0 Å². The summed E-state index contributed by atoms with van der Waals surface area (Å²) in [6.45, 7) is 1.87. The lowest BCUT2D eigenvalue weighted by Gasteiger charge is -2.42. The monoisotopic (exact) mass is 376 g/mol. The molecule has 0 radical (unpaired) electrons. The Kier molecular flexibility index (Phi) is 4.84. The molecule has 0 saturated heterocycles. The van der Waals surface area contributed by atoms with E-state index in [1.165, 1.54) is 12.1 Å². The number of urea groups is 1. The van der Waals surface area contributed by atoms with Crippen molar-refractivity contribution < 1.29 is 17.9 Å². The van der Waals surface area contributed by atoms with Crippen molar-refractivity contribution in [1.82, 2.24) is 10.3 Å². The van der Waals surface area contributed by atoms with Crippen LogP contribution in [-0.4, -0.2) is 25.2 Å². The number of anilines is 1. The number of aromatic nitrogens is 1. The molecule has 3 rings (SSSR count). The van der Waals surface area contributed by atoms with E-state index in [1.54, 1.807) is 30.6 Å². The first-order valence-electron chi connectivity index (χ1n) is 8.09. The first-order chi connectivity index (χ1) is 12.3. The fraction of sp³-hybridized carbons (Fsp3) is 0.294. The highest BCUT2D eigenvalue weighted by molar-refractivity contribution is 7.89. The fourth-order valence-corrected chi connectivity index (χ4v) is 3.19. The van der Waals surface area contributed by atoms with Gasteiger partial charge in [-0.05, 0) is 37.1 Å². The molecule has 0 bridgehead atoms. The number of rotatable bonds is 5. The summed E-state index contributed by atoms with van der Waals surface area (Å²) in [7, 11) is -3.82. The largest absolute Gasteiger partial charge is 0.468 e. The second-order valence-electron chi connectivity index (χ2n) is 6.24. The number of aryl methyl sites for hydroxylation is 1. The predicted molar refractivity (Wildman–Crippen MR) is 96.2 cm³/mol. The predicted octanol–water partition coefficient (Wildman–Crippen LogP) is 2.12. The lowest BCUT2D eigenvalue weighted by Crippen LogP contribution is -2.58. The molecule has 8 nitrogen and oxygen atoms in total. The van der Waals surface area contributed by atoms with Gasteiger partial charge >= 0.3 is 6.03 Å². The Labute approximate surface area is 151 Å². The van der Waals surface area contributed by atoms with E-state index in [4.69, 9.17) is 9.88 Å². The number of amides is 2. The molecule has 0 aliphatic heterocycles. The van der Waals surface area contributed by atoms with Crippen LogP contribution in [0.1, 0.15) is 24.8 Å². The number of ether oxygens (including phenoxy) is 1. The van der Waals surface area contributed by atoms with Gasteiger partial charge in [0.1, 0.15) is 5.75 Å². The summed E-state index contributed by atoms with van der Waals surface area (Å²) in [5.41, 5.74) is 0.618. The van der Waals surface area contributed by atoms with Crippen LogP contribution in [-0.2, 0) is 10.0 Å². The zero-order valence-electron chi connectivity index (χ0n) is 14.2. The summed E-state index contributed by atoms with van der Waals surface area (Å²) in [4.78, 5) is 16.3. The van der Waals surface area contributed by atoms with E-state index in [0.717, 1.165) is 12.0 Å². The molecule has 0 unspecified atom stereocenters. The molecule has 1 heterocycles. The van der Waals surface area contributed by atoms with Crippen molar-refractivity contribution in [3.63, 3.8) is 0 Å². The molecule has 2 aromatic rings. The number of carbonyl (C=O) groups excluding carboxylic acids is 1. The molecule has 1 saturated carbocycles. The van der Waals surface area contributed by atoms with E-state index in [9.17, 15) is 13.2 Å². The Morgan fingerprint density at radius 3 is 2.69 bits per heavy atom. The van der Waals surface area contributed by atoms with Crippen LogP contribution in [0.15, 0.2) is 47.6 Å². The van der Waals surface area contributed by atoms with Crippen LogP contribution in [0, 0.1) is 6.92 Å². The molecule has 9 heteroatoms. The summed E-state index contributed by atoms with van der Waals surface area (Å²) in [6, 6.07) is 7.29. The molecule has 1 aromatic carbocycles. The van der Waals surface area contributed by atoms with Gasteiger partial charge < -0.3 is 10.1 Å². The van der Waals surface area contributed by atoms with Gasteiger partial charge in [0.2, 0.25) is 10.0 Å². The number of benzene rings is 1. The topological polar surface area (TPSA) is 123 Å². The van der Waals surface area contributed by atoms with Gasteiger partial charge in [-0.25, -0.2) is 18.4 Å². The second kappa shape index (κ2) is 6.93. The number of pyridine rings is 1. The van der Waals surface area contributed by atoms with Crippen molar-refractivity contribution in [2.24, 2.45) is 5.14 Å². The van der Waals surface area contributed by atoms with Gasteiger partial charge in [-0.2, -0.15) is 0 Å². The lowest BCUT2D eigenvalue weighted by molar-refractivity contribution is -0.0262. The summed E-state index contributed by atoms with van der Waals surface area (Å²) in [5, 5.41) is 10.7. The molecular formula is C17H20N4O4S. The highest BCUT2D eigenvalue weighted by Crippen LogP contribution is 2.35. The van der Waals surface area contributed by atoms with Crippen LogP contribution >= 0.6 is 0 Å². The van der Waals surface area contributed by atoms with E-state index in [1.807, 2.05) is 6.92 Å². The van der Waals surface area contributed by atoms with Crippen LogP contribution in [0.2, 0.25) is 0 Å². The van der Waals surface area contributed by atoms with Crippen LogP contribution in [0.4, 0.5) is 10.5 Å². The van der Waals surface area contributed by atoms with E-state index in [2.05, 4.69) is 15.6 Å². The van der Waals surface area contributed by atoms with Crippen molar-refractivity contribution in [3.05, 3.63) is 48.3 Å². The summed E-state index contributed by atoms with van der Waals surface area (Å²) < 4.78 is 28.9. The average molecular weight is 376 g/mol. The highest BCUT2D eigenvalue weighted by Gasteiger charge is 2.41. The number of hydrogen-bond acceptors (Lipinski definition) is 5. The molecule has 138 valence electrons. The van der Waals surface area contributed by atoms with Crippen molar-refractivity contribution in [1.29, 1.82) is 0 Å². The van der Waals surface area contributed by atoms with Gasteiger partial charge in [-0.3, -0.25) is 10.3 Å². The quantitative estimate of drug-likeness (QED) is 0.690. The molecule has 2 amide bonds. The molecule has 0 atom stereocenters. The Balaban J connectivity index is 1.72. The molecule has 1 aromatic heterocycles. The number of sulfonamides is 1. The molecule has 4 N–H and O–H groups in total. The molecule has 26 heavy (non-hydrogen) atoms. The van der Waals surface area contributed by atoms with Crippen molar-refractivity contribution >= 4 is 21.7 Å². The Bertz CT molecular complexity index is 926. The lowest BCUT2D eigenvalue weighted by atomic mass is 9.88. The van der Waals surface area contributed by atoms with Crippen LogP contribution in [0.3, 0.4) is 0 Å². The Morgan fingerprint density at radius 1 is 1.31 bits per heavy atom. The zero-order valence-corrected chi connectivity index (χ0v) is 15.0. The molecular weight excluding hydrogens is 356 g/mol. The van der Waals surface area contributed by atoms with Gasteiger partial charge in [-0.15, -0.1) is 0 Å². The minimum absolute atomic E-state index is 0.0418. The van der Waals surface area contributed by atoms with Crippen LogP contribution < -0.4 is 20.5 Å². The van der Waals surface area contributed by atoms with E-state index < -0.39 is 21.8 Å². The minimum Gasteiger partial charge on any atom is -0.468 e. The summed E-state index contributed by atoms with van der Waals surface area (Å²) in [6.07, 6.45) is 5.34. The van der Waals surface area contributed by atoms with E-state index in [0.29, 0.717) is 24.3 Å². The van der Waals surface area contributed by atoms with Gasteiger partial charge in [-0.1, -0.05) is 6.07 Å². The second-order valence-corrected chi connectivity index (χ2v) is 7.80. The molecule has 0 spiro atoms. The molecule has 1 fully saturated rings. The normalized spacial score (nSPS) is 15.6. The number of nitrogens with one attached hydrogen (secondary N) is 2. The Morgan fingerprint density at radius 2 is 2.08 bits per heavy atom. The van der Waals surface area contributed by atoms with Crippen LogP contribution in [0.5, 0.6) is 5.75 Å². The summed E-state index contributed by atoms with van der Waals surface area (Å²) in [5.74, 6) is 0.328. The smallest absolute Gasteiger partial charge is 0.322 e. The maximum absolute atomic E-state index is 12.3. The van der Waals surface area contributed by atoms with Gasteiger partial charge in [0, 0.05) is 25.1 Å². The van der Waals surface area contributed by atoms with Crippen molar-refractivity contribution in [2.45, 2.75) is 36.8 Å². The minimum atomic E-state index is -3.82. The van der Waals surface area contributed by atoms with Crippen LogP contribution in [0.25, 0.3) is 0 Å². The van der Waals surface area contributed by atoms with E-state index in [-0.39, 0.29) is 4.90 Å². The molecule has 1 aliphatic rings. The maximum atomic E-state index is 12.3. The standard InChI is InChI=1S/C17H20N4O4S/c1-12-6-9-19-11-15(12)20-16(22)21-17(7-3-8-17)25-13-4-2-5-14(10-13)26(18,23)24/h2,4-6,9-11H,3,7-8H2,1H3,(H2,18,23,24)(H2,20,21,22). The zero-order chi connectivity index (χ0) is 18.8. The number of primary sulfonamides is 1. The first-order valence-corrected chi connectivity index (χ1v) is 9.64. The summed E-state index contributed by atoms with van der Waals surface area (Å²) >= 11 is 0. The average Bonchev–Trinajstić information content (AvgIpc) is 2.54. The highest BCUT2D eigenvalue weighted by atomic mass is 32.2. The SMILES string of the molecule is Cc1ccncc1NC(=O)NC1(Oc2cccc(S(N)(=O)=O)c2)CCC1. The van der Waals surface area contributed by atoms with E-state index >= 15 is 0 Å².